The zero-order chi connectivity index (χ0) is 11.2. The van der Waals surface area contributed by atoms with Crippen molar-refractivity contribution in [3.63, 3.8) is 0 Å². The van der Waals surface area contributed by atoms with E-state index >= 15 is 0 Å². The highest BCUT2D eigenvalue weighted by molar-refractivity contribution is 5.36. The minimum atomic E-state index is 0.513. The molecule has 0 bridgehead atoms. The Morgan fingerprint density at radius 2 is 1.67 bits per heavy atom. The van der Waals surface area contributed by atoms with Crippen LogP contribution in [0.3, 0.4) is 0 Å². The van der Waals surface area contributed by atoms with Crippen LogP contribution in [0.5, 0.6) is 0 Å². The van der Waals surface area contributed by atoms with Gasteiger partial charge in [0.05, 0.1) is 6.61 Å². The van der Waals surface area contributed by atoms with Gasteiger partial charge in [-0.3, -0.25) is 4.79 Å². The third-order valence-electron chi connectivity index (χ3n) is 2.16. The number of hydrogen-bond donors (Lipinski definition) is 0. The summed E-state index contributed by atoms with van der Waals surface area (Å²) in [5, 5.41) is 0. The number of unbranched alkanes of at least 4 members (excludes halogenated alkanes) is 6. The summed E-state index contributed by atoms with van der Waals surface area (Å²) in [7, 11) is 0. The van der Waals surface area contributed by atoms with Crippen molar-refractivity contribution in [3.8, 4) is 11.8 Å². The summed E-state index contributed by atoms with van der Waals surface area (Å²) in [6.07, 6.45) is 8.96. The summed E-state index contributed by atoms with van der Waals surface area (Å²) in [4.78, 5) is 9.82. The van der Waals surface area contributed by atoms with Crippen LogP contribution in [-0.2, 0) is 9.53 Å². The maximum Gasteiger partial charge on any atom is 0.293 e. The number of carbonyl (C=O) groups excluding carboxylic acids is 1. The molecule has 0 unspecified atom stereocenters. The normalized spacial score (nSPS) is 9.13. The fourth-order valence-electron chi connectivity index (χ4n) is 1.24. The first kappa shape index (κ1) is 14.0. The second kappa shape index (κ2) is 13.0. The highest BCUT2D eigenvalue weighted by Gasteiger charge is 1.88. The molecule has 0 amide bonds. The second-order valence-electron chi connectivity index (χ2n) is 3.59. The van der Waals surface area contributed by atoms with Gasteiger partial charge in [0, 0.05) is 12.8 Å². The van der Waals surface area contributed by atoms with Crippen molar-refractivity contribution in [2.24, 2.45) is 0 Å². The van der Waals surface area contributed by atoms with E-state index in [2.05, 4.69) is 23.5 Å². The molecule has 0 N–H and O–H groups in total. The van der Waals surface area contributed by atoms with Gasteiger partial charge >= 0.3 is 0 Å². The molecule has 15 heavy (non-hydrogen) atoms. The van der Waals surface area contributed by atoms with Gasteiger partial charge in [-0.15, -0.1) is 11.8 Å². The summed E-state index contributed by atoms with van der Waals surface area (Å²) in [5.74, 6) is 6.36. The molecule has 0 aromatic carbocycles. The molecule has 0 spiro atoms. The van der Waals surface area contributed by atoms with E-state index in [1.54, 1.807) is 0 Å². The Morgan fingerprint density at radius 1 is 1.00 bits per heavy atom. The van der Waals surface area contributed by atoms with Crippen LogP contribution in [0.2, 0.25) is 0 Å². The van der Waals surface area contributed by atoms with Gasteiger partial charge < -0.3 is 4.74 Å². The van der Waals surface area contributed by atoms with Crippen LogP contribution in [-0.4, -0.2) is 13.1 Å². The van der Waals surface area contributed by atoms with Gasteiger partial charge in [0.1, 0.15) is 0 Å². The lowest BCUT2D eigenvalue weighted by atomic mass is 10.1. The molecule has 2 heteroatoms. The molecule has 2 nitrogen and oxygen atoms in total. The van der Waals surface area contributed by atoms with Crippen molar-refractivity contribution >= 4 is 6.47 Å². The van der Waals surface area contributed by atoms with E-state index in [1.165, 1.54) is 25.7 Å². The molecule has 0 fully saturated rings. The molecule has 0 aromatic heterocycles. The van der Waals surface area contributed by atoms with Crippen molar-refractivity contribution in [3.05, 3.63) is 0 Å². The topological polar surface area (TPSA) is 26.3 Å². The smallest absolute Gasteiger partial charge is 0.293 e. The van der Waals surface area contributed by atoms with Gasteiger partial charge in [0.25, 0.3) is 6.47 Å². The first-order chi connectivity index (χ1) is 7.41. The molecule has 0 saturated carbocycles. The largest absolute Gasteiger partial charge is 0.468 e. The Kier molecular flexibility index (Phi) is 12.2. The SMILES string of the molecule is CCCCC#CCCCCCCOC=O. The van der Waals surface area contributed by atoms with E-state index in [9.17, 15) is 4.79 Å². The van der Waals surface area contributed by atoms with Gasteiger partial charge in [-0.25, -0.2) is 0 Å². The fraction of sp³-hybridized carbons (Fsp3) is 0.769. The Labute approximate surface area is 93.4 Å². The molecule has 0 saturated heterocycles. The zero-order valence-corrected chi connectivity index (χ0v) is 9.76. The van der Waals surface area contributed by atoms with Crippen LogP contribution in [0.25, 0.3) is 0 Å². The summed E-state index contributed by atoms with van der Waals surface area (Å²) in [5.41, 5.74) is 0. The molecule has 0 heterocycles. The molecule has 0 radical (unpaired) electrons. The Hall–Kier alpha value is -0.970. The van der Waals surface area contributed by atoms with Crippen molar-refractivity contribution in [2.45, 2.75) is 58.3 Å². The van der Waals surface area contributed by atoms with Crippen LogP contribution in [0.15, 0.2) is 0 Å². The van der Waals surface area contributed by atoms with E-state index < -0.39 is 0 Å². The molecule has 0 atom stereocenters. The molecule has 0 aliphatic carbocycles. The van der Waals surface area contributed by atoms with E-state index in [0.717, 1.165) is 25.7 Å². The van der Waals surface area contributed by atoms with Crippen LogP contribution < -0.4 is 0 Å². The molecule has 0 aromatic rings. The van der Waals surface area contributed by atoms with Crippen LogP contribution in [0.4, 0.5) is 0 Å². The van der Waals surface area contributed by atoms with Gasteiger partial charge in [-0.1, -0.05) is 26.2 Å². The van der Waals surface area contributed by atoms with Crippen molar-refractivity contribution in [2.75, 3.05) is 6.61 Å². The summed E-state index contributed by atoms with van der Waals surface area (Å²) in [6.45, 7) is 3.26. The van der Waals surface area contributed by atoms with Crippen molar-refractivity contribution in [1.82, 2.24) is 0 Å². The number of ether oxygens (including phenoxy) is 1. The summed E-state index contributed by atoms with van der Waals surface area (Å²) < 4.78 is 4.60. The highest BCUT2D eigenvalue weighted by Crippen LogP contribution is 2.02. The fourth-order valence-corrected chi connectivity index (χ4v) is 1.24. The highest BCUT2D eigenvalue weighted by atomic mass is 16.5. The van der Waals surface area contributed by atoms with Gasteiger partial charge in [0.2, 0.25) is 0 Å². The molecule has 0 aliphatic heterocycles. The van der Waals surface area contributed by atoms with Crippen LogP contribution in [0.1, 0.15) is 58.3 Å². The van der Waals surface area contributed by atoms with Gasteiger partial charge in [0.15, 0.2) is 0 Å². The van der Waals surface area contributed by atoms with E-state index in [4.69, 9.17) is 0 Å². The van der Waals surface area contributed by atoms with Gasteiger partial charge in [-0.2, -0.15) is 0 Å². The minimum absolute atomic E-state index is 0.513. The van der Waals surface area contributed by atoms with E-state index in [1.807, 2.05) is 0 Å². The van der Waals surface area contributed by atoms with Crippen LogP contribution >= 0.6 is 0 Å². The molecule has 0 rings (SSSR count). The minimum Gasteiger partial charge on any atom is -0.468 e. The lowest BCUT2D eigenvalue weighted by molar-refractivity contribution is -0.128. The Balaban J connectivity index is 3.02. The third kappa shape index (κ3) is 13.0. The lowest BCUT2D eigenvalue weighted by Crippen LogP contribution is -1.90. The lowest BCUT2D eigenvalue weighted by Gasteiger charge is -1.97. The van der Waals surface area contributed by atoms with Gasteiger partial charge in [-0.05, 0) is 19.3 Å². The zero-order valence-electron chi connectivity index (χ0n) is 9.76. The van der Waals surface area contributed by atoms with Crippen molar-refractivity contribution < 1.29 is 9.53 Å². The molecular weight excluding hydrogens is 188 g/mol. The maximum absolute atomic E-state index is 9.82. The average molecular weight is 210 g/mol. The predicted molar refractivity (Wildman–Crippen MR) is 62.4 cm³/mol. The summed E-state index contributed by atoms with van der Waals surface area (Å²) in [6, 6.07) is 0. The monoisotopic (exact) mass is 210 g/mol. The van der Waals surface area contributed by atoms with Crippen molar-refractivity contribution in [1.29, 1.82) is 0 Å². The third-order valence-corrected chi connectivity index (χ3v) is 2.16. The van der Waals surface area contributed by atoms with E-state index in [0.29, 0.717) is 13.1 Å². The first-order valence-electron chi connectivity index (χ1n) is 5.92. The molecular formula is C13H22O2. The van der Waals surface area contributed by atoms with Crippen LogP contribution in [0, 0.1) is 11.8 Å². The average Bonchev–Trinajstić information content (AvgIpc) is 2.26. The molecule has 0 aliphatic rings. The number of hydrogen-bond acceptors (Lipinski definition) is 2. The predicted octanol–water partition coefficient (Wildman–Crippen LogP) is 3.30. The Bertz CT molecular complexity index is 188. The first-order valence-corrected chi connectivity index (χ1v) is 5.92. The summed E-state index contributed by atoms with van der Waals surface area (Å²) >= 11 is 0. The Morgan fingerprint density at radius 3 is 2.33 bits per heavy atom. The van der Waals surface area contributed by atoms with E-state index in [-0.39, 0.29) is 0 Å². The number of rotatable bonds is 9. The maximum atomic E-state index is 9.82. The second-order valence-corrected chi connectivity index (χ2v) is 3.59. The number of carbonyl (C=O) groups is 1. The standard InChI is InChI=1S/C13H22O2/c1-2-3-4-5-6-7-8-9-10-11-12-15-13-14/h13H,2-4,7-12H2,1H3. The molecule has 86 valence electrons. The quantitative estimate of drug-likeness (QED) is 0.331.